The minimum absolute atomic E-state index is 0.140. The number of nitrogens with zero attached hydrogens (tertiary/aromatic N) is 1. The number of halogens is 1. The fourth-order valence-electron chi connectivity index (χ4n) is 5.73. The van der Waals surface area contributed by atoms with E-state index < -0.39 is 43.6 Å². The van der Waals surface area contributed by atoms with Gasteiger partial charge in [0, 0.05) is 29.3 Å². The van der Waals surface area contributed by atoms with Gasteiger partial charge in [-0.05, 0) is 50.2 Å². The minimum Gasteiger partial charge on any atom is -0.396 e. The molecule has 0 bridgehead atoms. The number of aliphatic hydroxyl groups excluding tert-OH is 2. The molecule has 5 atom stereocenters. The van der Waals surface area contributed by atoms with Crippen molar-refractivity contribution in [2.75, 3.05) is 16.8 Å². The topological polar surface area (TPSA) is 99.1 Å². The summed E-state index contributed by atoms with van der Waals surface area (Å²) in [4.78, 5) is 27.7. The van der Waals surface area contributed by atoms with Gasteiger partial charge in [0.1, 0.15) is 6.10 Å². The molecule has 9 heteroatoms. The van der Waals surface area contributed by atoms with Gasteiger partial charge >= 0.3 is 0 Å². The van der Waals surface area contributed by atoms with E-state index in [1.54, 1.807) is 36.2 Å². The van der Waals surface area contributed by atoms with Crippen molar-refractivity contribution in [3.05, 3.63) is 59.7 Å². The van der Waals surface area contributed by atoms with Crippen LogP contribution in [-0.4, -0.2) is 49.2 Å². The van der Waals surface area contributed by atoms with E-state index in [1.807, 2.05) is 37.3 Å². The molecule has 3 N–H and O–H groups in total. The lowest BCUT2D eigenvalue weighted by molar-refractivity contribution is -0.146. The fraction of sp³-hybridized carbons (Fsp3) is 0.462. The Morgan fingerprint density at radius 3 is 2.63 bits per heavy atom. The van der Waals surface area contributed by atoms with Gasteiger partial charge in [0.05, 0.1) is 18.3 Å². The third-order valence-electron chi connectivity index (χ3n) is 7.20. The van der Waals surface area contributed by atoms with Crippen molar-refractivity contribution < 1.29 is 28.6 Å². The van der Waals surface area contributed by atoms with Crippen LogP contribution >= 0.6 is 0 Å². The molecule has 1 fully saturated rings. The van der Waals surface area contributed by atoms with Gasteiger partial charge in [-0.25, -0.2) is 0 Å². The first kappa shape index (κ1) is 25.5. The lowest BCUT2D eigenvalue weighted by Gasteiger charge is -2.31. The number of ether oxygens (including phenoxy) is 1. The van der Waals surface area contributed by atoms with Crippen molar-refractivity contribution in [3.63, 3.8) is 0 Å². The molecule has 2 aliphatic rings. The van der Waals surface area contributed by atoms with Gasteiger partial charge in [-0.2, -0.15) is 0 Å². The molecular weight excluding hydrogens is 467 g/mol. The van der Waals surface area contributed by atoms with Gasteiger partial charge in [-0.15, -0.1) is 0 Å². The summed E-state index contributed by atoms with van der Waals surface area (Å²) in [5.41, 5.74) is 0.981. The highest BCUT2D eigenvalue weighted by Crippen LogP contribution is 2.60. The van der Waals surface area contributed by atoms with Crippen LogP contribution in [0, 0.1) is 5.92 Å². The fourth-order valence-corrected chi connectivity index (χ4v) is 8.27. The lowest BCUT2D eigenvalue weighted by atomic mass is 9.82. The number of anilines is 2. The monoisotopic (exact) mass is 500 g/mol. The Labute approximate surface area is 206 Å². The number of amides is 2. The predicted octanol–water partition coefficient (Wildman–Crippen LogP) is 3.71. The Morgan fingerprint density at radius 2 is 1.97 bits per heavy atom. The number of aliphatic hydroxyl groups is 2. The largest absolute Gasteiger partial charge is 0.396 e. The number of rotatable bonds is 7. The van der Waals surface area contributed by atoms with Crippen LogP contribution < -0.4 is 10.2 Å². The van der Waals surface area contributed by atoms with E-state index in [9.17, 15) is 19.8 Å². The molecule has 4 rings (SSSR count). The molecule has 0 aliphatic carbocycles. The maximum Gasteiger partial charge on any atom is 0.264 e. The predicted molar refractivity (Wildman–Crippen MR) is 134 cm³/mol. The molecule has 0 saturated carbocycles. The SMILES string of the molecule is C[C@H](O)C(=O)Nc1cccc(CN2C(=O)[C@]3(O[C@H](CCO)[C@@H]([Si](C)(C)F)[C@@H]3C)c3ccccc32)c1. The summed E-state index contributed by atoms with van der Waals surface area (Å²) >= 11 is 0. The number of fused-ring (bicyclic) bond motifs is 2. The van der Waals surface area contributed by atoms with Crippen molar-refractivity contribution in [1.29, 1.82) is 0 Å². The second-order valence-electron chi connectivity index (χ2n) is 10.1. The Morgan fingerprint density at radius 1 is 1.26 bits per heavy atom. The van der Waals surface area contributed by atoms with Gasteiger partial charge in [0.15, 0.2) is 5.60 Å². The average Bonchev–Trinajstić information content (AvgIpc) is 3.21. The number of carbonyl (C=O) groups excluding carboxylic acids is 2. The standard InChI is InChI=1S/C26H33FN2O5Si/c1-16-23(35(3,4)27)22(12-13-30)34-26(16)20-10-5-6-11-21(20)29(25(26)33)15-18-8-7-9-19(14-18)28-24(32)17(2)31/h5-11,14,16-17,22-23,30-31H,12-13,15H2,1-4H3,(H,28,32)/t16-,17-,22+,23-,26+/m0/s1. The Balaban J connectivity index is 1.70. The summed E-state index contributed by atoms with van der Waals surface area (Å²) in [5, 5.41) is 21.8. The van der Waals surface area contributed by atoms with E-state index in [2.05, 4.69) is 5.32 Å². The van der Waals surface area contributed by atoms with Gasteiger partial charge in [-0.1, -0.05) is 37.3 Å². The molecule has 1 spiro atoms. The average molecular weight is 501 g/mol. The first-order valence-corrected chi connectivity index (χ1v) is 14.9. The van der Waals surface area contributed by atoms with Crippen LogP contribution in [-0.2, 0) is 26.5 Å². The second kappa shape index (κ2) is 9.46. The molecule has 0 aromatic heterocycles. The van der Waals surface area contributed by atoms with E-state index in [1.165, 1.54) is 6.92 Å². The van der Waals surface area contributed by atoms with Gasteiger partial charge < -0.3 is 29.3 Å². The summed E-state index contributed by atoms with van der Waals surface area (Å²) in [6.07, 6.45) is -1.41. The second-order valence-corrected chi connectivity index (χ2v) is 13.9. The zero-order valence-electron chi connectivity index (χ0n) is 20.5. The first-order valence-electron chi connectivity index (χ1n) is 12.0. The minimum atomic E-state index is -3.23. The Kier molecular flexibility index (Phi) is 6.89. The molecule has 0 unspecified atom stereocenters. The van der Waals surface area contributed by atoms with E-state index in [-0.39, 0.29) is 25.5 Å². The summed E-state index contributed by atoms with van der Waals surface area (Å²) in [5.74, 6) is -1.16. The van der Waals surface area contributed by atoms with Crippen LogP contribution in [0.15, 0.2) is 48.5 Å². The normalized spacial score (nSPS) is 26.8. The molecule has 7 nitrogen and oxygen atoms in total. The van der Waals surface area contributed by atoms with Gasteiger partial charge in [0.25, 0.3) is 11.8 Å². The van der Waals surface area contributed by atoms with E-state index >= 15 is 4.11 Å². The van der Waals surface area contributed by atoms with E-state index in [0.717, 1.165) is 11.1 Å². The summed E-state index contributed by atoms with van der Waals surface area (Å²) in [7, 11) is -3.23. The smallest absolute Gasteiger partial charge is 0.264 e. The number of hydrogen-bond donors (Lipinski definition) is 3. The third kappa shape index (κ3) is 4.42. The maximum absolute atomic E-state index is 15.5. The first-order chi connectivity index (χ1) is 16.5. The number of benzene rings is 2. The Bertz CT molecular complexity index is 1120. The van der Waals surface area contributed by atoms with Crippen molar-refractivity contribution >= 4 is 31.6 Å². The Hall–Kier alpha value is -2.59. The lowest BCUT2D eigenvalue weighted by Crippen LogP contribution is -2.45. The molecule has 1 saturated heterocycles. The highest BCUT2D eigenvalue weighted by Gasteiger charge is 2.66. The number of nitrogens with one attached hydrogen (secondary N) is 1. The van der Waals surface area contributed by atoms with E-state index in [4.69, 9.17) is 4.74 Å². The van der Waals surface area contributed by atoms with Crippen molar-refractivity contribution in [2.24, 2.45) is 5.92 Å². The quantitative estimate of drug-likeness (QED) is 0.398. The number of carbonyl (C=O) groups is 2. The maximum atomic E-state index is 15.5. The molecule has 35 heavy (non-hydrogen) atoms. The van der Waals surface area contributed by atoms with Crippen LogP contribution in [0.5, 0.6) is 0 Å². The van der Waals surface area contributed by atoms with Crippen LogP contribution in [0.2, 0.25) is 18.6 Å². The molecule has 2 aromatic rings. The molecule has 2 aromatic carbocycles. The van der Waals surface area contributed by atoms with Crippen molar-refractivity contribution in [1.82, 2.24) is 0 Å². The van der Waals surface area contributed by atoms with Crippen LogP contribution in [0.25, 0.3) is 0 Å². The van der Waals surface area contributed by atoms with Crippen molar-refractivity contribution in [2.45, 2.75) is 63.3 Å². The van der Waals surface area contributed by atoms with Gasteiger partial charge in [-0.3, -0.25) is 9.59 Å². The molecule has 2 heterocycles. The van der Waals surface area contributed by atoms with Crippen LogP contribution in [0.3, 0.4) is 0 Å². The molecule has 188 valence electrons. The van der Waals surface area contributed by atoms with E-state index in [0.29, 0.717) is 11.4 Å². The summed E-state index contributed by atoms with van der Waals surface area (Å²) < 4.78 is 22.0. The molecule has 2 amide bonds. The number of para-hydroxylation sites is 1. The molecule has 2 aliphatic heterocycles. The van der Waals surface area contributed by atoms with Crippen LogP contribution in [0.4, 0.5) is 15.5 Å². The third-order valence-corrected chi connectivity index (χ3v) is 9.65. The summed E-state index contributed by atoms with van der Waals surface area (Å²) in [6, 6.07) is 14.5. The van der Waals surface area contributed by atoms with Gasteiger partial charge in [0.2, 0.25) is 8.41 Å². The zero-order chi connectivity index (χ0) is 25.5. The number of hydrogen-bond acceptors (Lipinski definition) is 5. The molecular formula is C26H33FN2O5Si. The summed E-state index contributed by atoms with van der Waals surface area (Å²) in [6.45, 7) is 6.64. The molecule has 0 radical (unpaired) electrons. The highest BCUT2D eigenvalue weighted by atomic mass is 28.4. The highest BCUT2D eigenvalue weighted by molar-refractivity contribution is 6.72. The van der Waals surface area contributed by atoms with Crippen LogP contribution in [0.1, 0.15) is 31.4 Å². The van der Waals surface area contributed by atoms with Crippen molar-refractivity contribution in [3.8, 4) is 0 Å². The zero-order valence-corrected chi connectivity index (χ0v) is 21.5.